The van der Waals surface area contributed by atoms with Gasteiger partial charge < -0.3 is 10.1 Å². The molecule has 1 saturated heterocycles. The lowest BCUT2D eigenvalue weighted by Crippen LogP contribution is -2.50. The van der Waals surface area contributed by atoms with Crippen molar-refractivity contribution in [3.05, 3.63) is 28.5 Å². The van der Waals surface area contributed by atoms with Crippen LogP contribution in [0.4, 0.5) is 4.39 Å². The molecule has 0 spiro atoms. The molecule has 0 amide bonds. The maximum absolute atomic E-state index is 13.1. The smallest absolute Gasteiger partial charge is 0.128 e. The molecule has 0 aliphatic carbocycles. The Morgan fingerprint density at radius 2 is 2.26 bits per heavy atom. The monoisotopic (exact) mass is 352 g/mol. The van der Waals surface area contributed by atoms with Crippen LogP contribution in [-0.2, 0) is 0 Å². The number of ether oxygens (including phenoxy) is 1. The van der Waals surface area contributed by atoms with Gasteiger partial charge in [-0.3, -0.25) is 4.90 Å². The van der Waals surface area contributed by atoms with Gasteiger partial charge in [0, 0.05) is 42.8 Å². The molecule has 2 rings (SSSR count). The summed E-state index contributed by atoms with van der Waals surface area (Å²) in [5.41, 5.74) is 0. The van der Waals surface area contributed by atoms with Crippen LogP contribution in [0.25, 0.3) is 0 Å². The molecule has 1 atom stereocenters. The van der Waals surface area contributed by atoms with E-state index in [1.165, 1.54) is 12.1 Å². The molecule has 1 aromatic carbocycles. The minimum Gasteiger partial charge on any atom is -0.492 e. The van der Waals surface area contributed by atoms with E-state index in [-0.39, 0.29) is 18.2 Å². The van der Waals surface area contributed by atoms with E-state index in [4.69, 9.17) is 4.74 Å². The molecule has 1 aliphatic heterocycles. The number of nitrogens with one attached hydrogen (secondary N) is 1. The highest BCUT2D eigenvalue weighted by molar-refractivity contribution is 9.10. The van der Waals surface area contributed by atoms with E-state index in [0.29, 0.717) is 22.9 Å². The number of halogens is 3. The molecule has 6 heteroatoms. The van der Waals surface area contributed by atoms with E-state index in [9.17, 15) is 4.39 Å². The molecule has 1 fully saturated rings. The van der Waals surface area contributed by atoms with E-state index < -0.39 is 0 Å². The lowest BCUT2D eigenvalue weighted by Gasteiger charge is -2.33. The Kier molecular flexibility index (Phi) is 7.07. The standard InChI is InChI=1S/C13H18BrFN2O.ClH/c1-10-9-16-2-3-17(10)4-5-18-13-7-11(14)6-12(15)8-13;/h6-8,10,16H,2-5,9H2,1H3;1H/t10-;/m1./s1. The first-order valence-electron chi connectivity index (χ1n) is 6.19. The number of hydrogen-bond donors (Lipinski definition) is 1. The van der Waals surface area contributed by atoms with Gasteiger partial charge in [0.1, 0.15) is 18.2 Å². The fraction of sp³-hybridized carbons (Fsp3) is 0.538. The summed E-state index contributed by atoms with van der Waals surface area (Å²) in [6.07, 6.45) is 0. The van der Waals surface area contributed by atoms with Crippen molar-refractivity contribution in [1.29, 1.82) is 0 Å². The number of hydrogen-bond acceptors (Lipinski definition) is 3. The van der Waals surface area contributed by atoms with Crippen LogP contribution in [0.15, 0.2) is 22.7 Å². The summed E-state index contributed by atoms with van der Waals surface area (Å²) in [6.45, 7) is 6.74. The molecular formula is C13H19BrClFN2O. The van der Waals surface area contributed by atoms with E-state index >= 15 is 0 Å². The second-order valence-corrected chi connectivity index (χ2v) is 5.46. The highest BCUT2D eigenvalue weighted by Crippen LogP contribution is 2.20. The molecule has 1 N–H and O–H groups in total. The Hall–Kier alpha value is -0.360. The number of benzene rings is 1. The third kappa shape index (κ3) is 5.26. The zero-order chi connectivity index (χ0) is 13.0. The van der Waals surface area contributed by atoms with Gasteiger partial charge in [-0.2, -0.15) is 0 Å². The van der Waals surface area contributed by atoms with Crippen LogP contribution < -0.4 is 10.1 Å². The summed E-state index contributed by atoms with van der Waals surface area (Å²) in [5, 5.41) is 3.35. The number of rotatable bonds is 4. The average Bonchev–Trinajstić information content (AvgIpc) is 2.30. The summed E-state index contributed by atoms with van der Waals surface area (Å²) in [7, 11) is 0. The van der Waals surface area contributed by atoms with Crippen molar-refractivity contribution in [3.63, 3.8) is 0 Å². The maximum atomic E-state index is 13.1. The first-order valence-corrected chi connectivity index (χ1v) is 6.98. The van der Waals surface area contributed by atoms with Crippen molar-refractivity contribution < 1.29 is 9.13 Å². The lowest BCUT2D eigenvalue weighted by atomic mass is 10.2. The molecule has 108 valence electrons. The van der Waals surface area contributed by atoms with Gasteiger partial charge in [-0.15, -0.1) is 12.4 Å². The van der Waals surface area contributed by atoms with E-state index in [1.807, 2.05) is 0 Å². The summed E-state index contributed by atoms with van der Waals surface area (Å²) >= 11 is 3.25. The van der Waals surface area contributed by atoms with Crippen molar-refractivity contribution in [2.75, 3.05) is 32.8 Å². The number of nitrogens with zero attached hydrogens (tertiary/aromatic N) is 1. The quantitative estimate of drug-likeness (QED) is 0.901. The Balaban J connectivity index is 0.00000180. The van der Waals surface area contributed by atoms with Gasteiger partial charge >= 0.3 is 0 Å². The van der Waals surface area contributed by atoms with Crippen LogP contribution in [0.5, 0.6) is 5.75 Å². The van der Waals surface area contributed by atoms with Crippen molar-refractivity contribution >= 4 is 28.3 Å². The van der Waals surface area contributed by atoms with Gasteiger partial charge in [-0.05, 0) is 19.1 Å². The van der Waals surface area contributed by atoms with Gasteiger partial charge in [0.05, 0.1) is 0 Å². The number of piperazine rings is 1. The van der Waals surface area contributed by atoms with Gasteiger partial charge in [-0.25, -0.2) is 4.39 Å². The lowest BCUT2D eigenvalue weighted by molar-refractivity contribution is 0.143. The highest BCUT2D eigenvalue weighted by atomic mass is 79.9. The summed E-state index contributed by atoms with van der Waals surface area (Å²) in [4.78, 5) is 2.38. The van der Waals surface area contributed by atoms with Gasteiger partial charge in [-0.1, -0.05) is 15.9 Å². The van der Waals surface area contributed by atoms with Crippen LogP contribution in [0, 0.1) is 5.82 Å². The zero-order valence-corrected chi connectivity index (χ0v) is 13.3. The molecule has 3 nitrogen and oxygen atoms in total. The second-order valence-electron chi connectivity index (χ2n) is 4.54. The molecule has 0 saturated carbocycles. The van der Waals surface area contributed by atoms with Crippen molar-refractivity contribution in [1.82, 2.24) is 10.2 Å². The predicted octanol–water partition coefficient (Wildman–Crippen LogP) is 2.68. The summed E-state index contributed by atoms with van der Waals surface area (Å²) < 4.78 is 19.4. The molecule has 0 aromatic heterocycles. The van der Waals surface area contributed by atoms with Crippen molar-refractivity contribution in [3.8, 4) is 5.75 Å². The van der Waals surface area contributed by atoms with Crippen LogP contribution in [-0.4, -0.2) is 43.7 Å². The van der Waals surface area contributed by atoms with Crippen LogP contribution in [0.1, 0.15) is 6.92 Å². The van der Waals surface area contributed by atoms with Crippen LogP contribution >= 0.6 is 28.3 Å². The topological polar surface area (TPSA) is 24.5 Å². The predicted molar refractivity (Wildman–Crippen MR) is 80.7 cm³/mol. The minimum absolute atomic E-state index is 0. The third-order valence-corrected chi connectivity index (χ3v) is 3.58. The molecule has 19 heavy (non-hydrogen) atoms. The largest absolute Gasteiger partial charge is 0.492 e. The fourth-order valence-corrected chi connectivity index (χ4v) is 2.55. The Morgan fingerprint density at radius 1 is 1.47 bits per heavy atom. The molecule has 0 bridgehead atoms. The molecule has 0 unspecified atom stereocenters. The van der Waals surface area contributed by atoms with Crippen molar-refractivity contribution in [2.45, 2.75) is 13.0 Å². The minimum atomic E-state index is -0.282. The third-order valence-electron chi connectivity index (χ3n) is 3.12. The highest BCUT2D eigenvalue weighted by Gasteiger charge is 2.17. The first-order chi connectivity index (χ1) is 8.65. The maximum Gasteiger partial charge on any atom is 0.128 e. The normalized spacial score (nSPS) is 19.8. The van der Waals surface area contributed by atoms with Gasteiger partial charge in [0.25, 0.3) is 0 Å². The van der Waals surface area contributed by atoms with E-state index in [1.54, 1.807) is 6.07 Å². The first kappa shape index (κ1) is 16.7. The average molecular weight is 354 g/mol. The molecule has 0 radical (unpaired) electrons. The Labute approximate surface area is 128 Å². The summed E-state index contributed by atoms with van der Waals surface area (Å²) in [6, 6.07) is 5.14. The van der Waals surface area contributed by atoms with Gasteiger partial charge in [0.15, 0.2) is 0 Å². The summed E-state index contributed by atoms with van der Waals surface area (Å²) in [5.74, 6) is 0.291. The molecule has 1 heterocycles. The van der Waals surface area contributed by atoms with E-state index in [0.717, 1.165) is 26.2 Å². The Bertz CT molecular complexity index is 388. The molecular weight excluding hydrogens is 335 g/mol. The van der Waals surface area contributed by atoms with Crippen molar-refractivity contribution in [2.24, 2.45) is 0 Å². The SMILES string of the molecule is C[C@@H]1CNCCN1CCOc1cc(F)cc(Br)c1.Cl. The van der Waals surface area contributed by atoms with E-state index in [2.05, 4.69) is 33.1 Å². The molecule has 1 aliphatic rings. The zero-order valence-electron chi connectivity index (χ0n) is 10.9. The molecule has 1 aromatic rings. The van der Waals surface area contributed by atoms with Crippen LogP contribution in [0.2, 0.25) is 0 Å². The second kappa shape index (κ2) is 8.04. The Morgan fingerprint density at radius 3 is 2.95 bits per heavy atom. The van der Waals surface area contributed by atoms with Crippen LogP contribution in [0.3, 0.4) is 0 Å². The van der Waals surface area contributed by atoms with Gasteiger partial charge in [0.2, 0.25) is 0 Å². The fourth-order valence-electron chi connectivity index (χ4n) is 2.11.